The van der Waals surface area contributed by atoms with E-state index in [9.17, 15) is 4.39 Å². The highest BCUT2D eigenvalue weighted by Crippen LogP contribution is 2.47. The van der Waals surface area contributed by atoms with Gasteiger partial charge in [-0.3, -0.25) is 9.97 Å². The van der Waals surface area contributed by atoms with E-state index in [2.05, 4.69) is 30.1 Å². The molecule has 0 aliphatic heterocycles. The number of fused-ring (bicyclic) bond motifs is 1. The normalized spacial score (nSPS) is 17.9. The third-order valence-electron chi connectivity index (χ3n) is 5.01. The zero-order chi connectivity index (χ0) is 20.7. The summed E-state index contributed by atoms with van der Waals surface area (Å²) in [6.07, 6.45) is 2.87. The lowest BCUT2D eigenvalue weighted by molar-refractivity contribution is 0.269. The first-order valence-corrected chi connectivity index (χ1v) is 10.3. The number of nitrogen functional groups attached to an aromatic ring is 1. The number of aromatic nitrogens is 6. The maximum Gasteiger partial charge on any atom is 0.255 e. The molecule has 0 radical (unpaired) electrons. The van der Waals surface area contributed by atoms with Gasteiger partial charge in [-0.05, 0) is 37.6 Å². The van der Waals surface area contributed by atoms with E-state index in [1.165, 1.54) is 11.3 Å². The van der Waals surface area contributed by atoms with Gasteiger partial charge in [0, 0.05) is 30.1 Å². The topological polar surface area (TPSA) is 113 Å². The maximum atomic E-state index is 14.8. The van der Waals surface area contributed by atoms with Crippen LogP contribution in [0.3, 0.4) is 0 Å². The number of anilines is 1. The summed E-state index contributed by atoms with van der Waals surface area (Å²) in [6.45, 7) is 2.18. The molecule has 8 nitrogen and oxygen atoms in total. The first-order chi connectivity index (χ1) is 14.6. The highest BCUT2D eigenvalue weighted by Gasteiger charge is 2.40. The van der Waals surface area contributed by atoms with Crippen molar-refractivity contribution in [2.24, 2.45) is 5.92 Å². The third-order valence-corrected chi connectivity index (χ3v) is 5.85. The van der Waals surface area contributed by atoms with Gasteiger partial charge in [0.1, 0.15) is 10.0 Å². The number of aryl methyl sites for hydroxylation is 1. The van der Waals surface area contributed by atoms with Gasteiger partial charge in [-0.25, -0.2) is 4.98 Å². The fourth-order valence-corrected chi connectivity index (χ4v) is 4.13. The zero-order valence-corrected chi connectivity index (χ0v) is 16.9. The average molecular weight is 423 g/mol. The van der Waals surface area contributed by atoms with E-state index in [1.54, 1.807) is 6.20 Å². The molecule has 1 aliphatic carbocycles. The molecule has 2 atom stereocenters. The molecule has 1 fully saturated rings. The van der Waals surface area contributed by atoms with Crippen LogP contribution >= 0.6 is 11.3 Å². The van der Waals surface area contributed by atoms with Gasteiger partial charge in [-0.15, -0.1) is 21.5 Å². The van der Waals surface area contributed by atoms with Crippen molar-refractivity contribution in [1.29, 1.82) is 0 Å². The molecule has 4 aromatic rings. The minimum Gasteiger partial charge on any atom is -0.475 e. The van der Waals surface area contributed by atoms with Crippen molar-refractivity contribution in [3.63, 3.8) is 0 Å². The number of rotatable bonds is 6. The van der Waals surface area contributed by atoms with Crippen LogP contribution in [0.1, 0.15) is 33.7 Å². The van der Waals surface area contributed by atoms with Crippen LogP contribution in [-0.2, 0) is 6.42 Å². The number of hydrogen-bond donors (Lipinski definition) is 1. The number of ether oxygens (including phenoxy) is 1. The number of hydrogen-bond acceptors (Lipinski definition) is 9. The number of nitrogens with two attached hydrogens (primary N) is 1. The number of pyridine rings is 2. The summed E-state index contributed by atoms with van der Waals surface area (Å²) < 4.78 is 20.5. The molecule has 5 rings (SSSR count). The van der Waals surface area contributed by atoms with E-state index in [0.29, 0.717) is 11.6 Å². The summed E-state index contributed by atoms with van der Waals surface area (Å²) >= 11 is 1.39. The van der Waals surface area contributed by atoms with Crippen LogP contribution in [0.5, 0.6) is 5.88 Å². The van der Waals surface area contributed by atoms with E-state index in [0.717, 1.165) is 28.2 Å². The molecule has 0 unspecified atom stereocenters. The fraction of sp³-hybridized carbons (Fsp3) is 0.300. The molecule has 4 aromatic heterocycles. The van der Waals surface area contributed by atoms with Crippen LogP contribution in [-0.4, -0.2) is 36.7 Å². The Morgan fingerprint density at radius 3 is 2.90 bits per heavy atom. The lowest BCUT2D eigenvalue weighted by Gasteiger charge is -2.09. The Kier molecular flexibility index (Phi) is 4.70. The van der Waals surface area contributed by atoms with Crippen molar-refractivity contribution in [2.45, 2.75) is 25.7 Å². The van der Waals surface area contributed by atoms with Crippen molar-refractivity contribution in [3.8, 4) is 5.88 Å². The second kappa shape index (κ2) is 7.52. The second-order valence-corrected chi connectivity index (χ2v) is 8.50. The summed E-state index contributed by atoms with van der Waals surface area (Å²) in [4.78, 5) is 16.9. The first-order valence-electron chi connectivity index (χ1n) is 9.52. The molecule has 0 saturated heterocycles. The molecule has 0 spiro atoms. The molecular weight excluding hydrogens is 405 g/mol. The molecule has 10 heteroatoms. The van der Waals surface area contributed by atoms with E-state index in [-0.39, 0.29) is 35.8 Å². The van der Waals surface area contributed by atoms with Gasteiger partial charge in [0.15, 0.2) is 0 Å². The van der Waals surface area contributed by atoms with Crippen LogP contribution in [0.4, 0.5) is 10.3 Å². The van der Waals surface area contributed by atoms with Crippen molar-refractivity contribution in [1.82, 2.24) is 30.1 Å². The molecule has 0 aromatic carbocycles. The maximum absolute atomic E-state index is 14.8. The van der Waals surface area contributed by atoms with Gasteiger partial charge in [0.05, 0.1) is 23.3 Å². The van der Waals surface area contributed by atoms with Crippen molar-refractivity contribution in [2.75, 3.05) is 12.3 Å². The first kappa shape index (κ1) is 18.7. The molecule has 30 heavy (non-hydrogen) atoms. The van der Waals surface area contributed by atoms with E-state index < -0.39 is 5.82 Å². The Morgan fingerprint density at radius 1 is 1.17 bits per heavy atom. The largest absolute Gasteiger partial charge is 0.475 e. The smallest absolute Gasteiger partial charge is 0.255 e. The fourth-order valence-electron chi connectivity index (χ4n) is 3.41. The Bertz CT molecular complexity index is 1230. The number of halogens is 1. The van der Waals surface area contributed by atoms with Gasteiger partial charge in [0.2, 0.25) is 11.8 Å². The van der Waals surface area contributed by atoms with Gasteiger partial charge < -0.3 is 10.5 Å². The molecule has 152 valence electrons. The molecule has 2 N–H and O–H groups in total. The zero-order valence-electron chi connectivity index (χ0n) is 16.1. The van der Waals surface area contributed by atoms with Crippen LogP contribution in [0.2, 0.25) is 0 Å². The third kappa shape index (κ3) is 3.78. The Hall–Kier alpha value is -3.27. The summed E-state index contributed by atoms with van der Waals surface area (Å²) in [7, 11) is 0. The standard InChI is InChI=1S/C20H18FN7OS/c1-10-27-28-17(30-10)8-16-18(21)19(26-20(22)25-16)29-9-11-7-12(11)13-4-5-14-15(24-13)3-2-6-23-14/h2-6,11-12H,7-9H2,1H3,(H2,22,25,26)/t11-,12+/m1/s1. The highest BCUT2D eigenvalue weighted by molar-refractivity contribution is 7.11. The highest BCUT2D eigenvalue weighted by atomic mass is 32.1. The monoisotopic (exact) mass is 423 g/mol. The predicted molar refractivity (Wildman–Crippen MR) is 110 cm³/mol. The molecule has 0 bridgehead atoms. The van der Waals surface area contributed by atoms with Gasteiger partial charge in [-0.1, -0.05) is 0 Å². The van der Waals surface area contributed by atoms with Crippen LogP contribution in [0.15, 0.2) is 30.5 Å². The second-order valence-electron chi connectivity index (χ2n) is 7.23. The molecule has 4 heterocycles. The SMILES string of the molecule is Cc1nnc(Cc2nc(N)nc(OC[C@H]3C[C@@H]3c3ccc4ncccc4n3)c2F)s1. The Morgan fingerprint density at radius 2 is 2.07 bits per heavy atom. The summed E-state index contributed by atoms with van der Waals surface area (Å²) in [6, 6.07) is 7.78. The summed E-state index contributed by atoms with van der Waals surface area (Å²) in [5.74, 6) is -0.236. The van der Waals surface area contributed by atoms with Gasteiger partial charge in [-0.2, -0.15) is 9.37 Å². The van der Waals surface area contributed by atoms with Crippen molar-refractivity contribution < 1.29 is 9.13 Å². The lowest BCUT2D eigenvalue weighted by atomic mass is 10.2. The summed E-state index contributed by atoms with van der Waals surface area (Å²) in [5.41, 5.74) is 8.65. The summed E-state index contributed by atoms with van der Waals surface area (Å²) in [5, 5.41) is 9.42. The minimum absolute atomic E-state index is 0.0290. The van der Waals surface area contributed by atoms with Crippen LogP contribution in [0, 0.1) is 18.7 Å². The van der Waals surface area contributed by atoms with E-state index >= 15 is 0 Å². The van der Waals surface area contributed by atoms with Crippen LogP contribution < -0.4 is 10.5 Å². The Labute approximate surface area is 175 Å². The van der Waals surface area contributed by atoms with Crippen molar-refractivity contribution >= 4 is 28.3 Å². The number of nitrogens with zero attached hydrogens (tertiary/aromatic N) is 6. The van der Waals surface area contributed by atoms with Gasteiger partial charge in [0.25, 0.3) is 5.88 Å². The minimum atomic E-state index is -0.607. The average Bonchev–Trinajstić information content (AvgIpc) is 3.41. The van der Waals surface area contributed by atoms with E-state index in [1.807, 2.05) is 31.2 Å². The van der Waals surface area contributed by atoms with Crippen LogP contribution in [0.25, 0.3) is 11.0 Å². The van der Waals surface area contributed by atoms with E-state index in [4.69, 9.17) is 10.5 Å². The van der Waals surface area contributed by atoms with Crippen molar-refractivity contribution in [3.05, 3.63) is 57.7 Å². The quantitative estimate of drug-likeness (QED) is 0.503. The molecule has 0 amide bonds. The lowest BCUT2D eigenvalue weighted by Crippen LogP contribution is -2.10. The molecular formula is C20H18FN7OS. The predicted octanol–water partition coefficient (Wildman–Crippen LogP) is 3.07. The Balaban J connectivity index is 1.27. The van der Waals surface area contributed by atoms with Gasteiger partial charge >= 0.3 is 0 Å². The molecule has 1 aliphatic rings. The molecule has 1 saturated carbocycles.